The second-order valence-electron chi connectivity index (χ2n) is 8.43. The molecule has 0 amide bonds. The fraction of sp³-hybridized carbons (Fsp3) is 0.524. The Balaban J connectivity index is 1.54. The molecule has 2 aromatic heterocycles. The molecule has 2 saturated heterocycles. The summed E-state index contributed by atoms with van der Waals surface area (Å²) in [4.78, 5) is 28.3. The van der Waals surface area contributed by atoms with Crippen molar-refractivity contribution < 1.29 is 4.92 Å². The summed E-state index contributed by atoms with van der Waals surface area (Å²) >= 11 is 3.78. The topological polar surface area (TPSA) is 93.9 Å². The highest BCUT2D eigenvalue weighted by molar-refractivity contribution is 9.09. The van der Waals surface area contributed by atoms with Gasteiger partial charge in [0.1, 0.15) is 12.0 Å². The van der Waals surface area contributed by atoms with E-state index in [2.05, 4.69) is 77.9 Å². The summed E-state index contributed by atoms with van der Waals surface area (Å²) in [5.74, 6) is 0.627. The van der Waals surface area contributed by atoms with Crippen molar-refractivity contribution in [3.05, 3.63) is 46.8 Å². The Kier molecular flexibility index (Phi) is 6.77. The molecule has 1 N–H and O–H groups in total. The van der Waals surface area contributed by atoms with Crippen molar-refractivity contribution in [3.63, 3.8) is 0 Å². The first-order chi connectivity index (χ1) is 15.3. The van der Waals surface area contributed by atoms with Gasteiger partial charge in [0.15, 0.2) is 6.20 Å². The number of alkyl halides is 1. The predicted octanol–water partition coefficient (Wildman–Crippen LogP) is 2.44. The van der Waals surface area contributed by atoms with Crippen molar-refractivity contribution in [2.45, 2.75) is 24.1 Å². The maximum atomic E-state index is 11.0. The molecule has 0 aliphatic carbocycles. The van der Waals surface area contributed by atoms with Crippen LogP contribution in [0.3, 0.4) is 0 Å². The minimum absolute atomic E-state index is 0.00840. The summed E-state index contributed by atoms with van der Waals surface area (Å²) in [6, 6.07) is 7.48. The lowest BCUT2D eigenvalue weighted by atomic mass is 10.1. The lowest BCUT2D eigenvalue weighted by molar-refractivity contribution is -0.389. The van der Waals surface area contributed by atoms with Gasteiger partial charge in [-0.2, -0.15) is 0 Å². The van der Waals surface area contributed by atoms with Crippen LogP contribution < -0.4 is 15.1 Å². The van der Waals surface area contributed by atoms with E-state index >= 15 is 0 Å². The number of hydrogen-bond acceptors (Lipinski definition) is 9. The van der Waals surface area contributed by atoms with Crippen LogP contribution in [0, 0.1) is 10.1 Å². The van der Waals surface area contributed by atoms with Crippen LogP contribution in [0.4, 0.5) is 23.0 Å². The lowest BCUT2D eigenvalue weighted by Crippen LogP contribution is -2.63. The van der Waals surface area contributed by atoms with Crippen LogP contribution in [0.5, 0.6) is 0 Å². The molecule has 10 nitrogen and oxygen atoms in total. The number of hydrogen-bond donors (Lipinski definition) is 1. The van der Waals surface area contributed by atoms with Crippen LogP contribution in [-0.4, -0.2) is 88.7 Å². The first-order valence-corrected chi connectivity index (χ1v) is 11.6. The first kappa shape index (κ1) is 22.7. The third-order valence-corrected chi connectivity index (χ3v) is 7.05. The first-order valence-electron chi connectivity index (χ1n) is 10.7. The van der Waals surface area contributed by atoms with Crippen LogP contribution in [0.1, 0.15) is 6.92 Å². The summed E-state index contributed by atoms with van der Waals surface area (Å²) in [7, 11) is 4.23. The van der Waals surface area contributed by atoms with Gasteiger partial charge in [-0.1, -0.05) is 15.9 Å². The number of likely N-dealkylation sites (N-methyl/N-ethyl adjacent to an activating group) is 2. The molecular formula is C21H29BrN8O2. The zero-order valence-electron chi connectivity index (χ0n) is 18.6. The number of nitro groups is 1. The molecule has 4 heterocycles. The van der Waals surface area contributed by atoms with E-state index < -0.39 is 4.92 Å². The van der Waals surface area contributed by atoms with E-state index in [1.807, 2.05) is 12.3 Å². The van der Waals surface area contributed by atoms with Crippen molar-refractivity contribution in [1.82, 2.24) is 19.8 Å². The molecule has 2 aliphatic rings. The van der Waals surface area contributed by atoms with Gasteiger partial charge in [0.2, 0.25) is 0 Å². The van der Waals surface area contributed by atoms with E-state index in [1.54, 1.807) is 12.3 Å². The SMILES string of the molecule is CC1C(Nc2ccc(N3CCN(C)CC3)cn2)N(c2ccc([N+](=O)[O-])nc2)C(Br)CN1C. The second-order valence-corrected chi connectivity index (χ2v) is 9.49. The number of anilines is 3. The summed E-state index contributed by atoms with van der Waals surface area (Å²) in [6.07, 6.45) is 3.38. The van der Waals surface area contributed by atoms with Gasteiger partial charge < -0.3 is 30.1 Å². The summed E-state index contributed by atoms with van der Waals surface area (Å²) in [5.41, 5.74) is 1.94. The third kappa shape index (κ3) is 4.79. The van der Waals surface area contributed by atoms with E-state index in [4.69, 9.17) is 0 Å². The van der Waals surface area contributed by atoms with Crippen LogP contribution in [0.2, 0.25) is 0 Å². The van der Waals surface area contributed by atoms with E-state index in [0.29, 0.717) is 0 Å². The Hall–Kier alpha value is -2.50. The number of halogens is 1. The van der Waals surface area contributed by atoms with Gasteiger partial charge in [0.05, 0.1) is 22.5 Å². The molecule has 3 atom stereocenters. The monoisotopic (exact) mass is 504 g/mol. The van der Waals surface area contributed by atoms with Gasteiger partial charge in [-0.05, 0) is 49.1 Å². The van der Waals surface area contributed by atoms with E-state index in [0.717, 1.165) is 49.9 Å². The average Bonchev–Trinajstić information content (AvgIpc) is 2.78. The molecule has 0 spiro atoms. The molecule has 3 unspecified atom stereocenters. The maximum Gasteiger partial charge on any atom is 0.363 e. The number of nitrogens with zero attached hydrogens (tertiary/aromatic N) is 7. The Morgan fingerprint density at radius 2 is 1.75 bits per heavy atom. The molecular weight excluding hydrogens is 476 g/mol. The van der Waals surface area contributed by atoms with Gasteiger partial charge in [0, 0.05) is 44.8 Å². The minimum atomic E-state index is -0.483. The summed E-state index contributed by atoms with van der Waals surface area (Å²) in [5, 5.41) is 14.6. The van der Waals surface area contributed by atoms with Crippen molar-refractivity contribution in [2.75, 3.05) is 61.9 Å². The highest BCUT2D eigenvalue weighted by Gasteiger charge is 2.38. The molecule has 0 radical (unpaired) electrons. The van der Waals surface area contributed by atoms with Crippen LogP contribution in [0.25, 0.3) is 0 Å². The zero-order valence-corrected chi connectivity index (χ0v) is 20.1. The van der Waals surface area contributed by atoms with Crippen molar-refractivity contribution >= 4 is 38.9 Å². The van der Waals surface area contributed by atoms with Crippen LogP contribution in [0.15, 0.2) is 36.7 Å². The molecule has 0 bridgehead atoms. The number of piperazine rings is 2. The normalized spacial score (nSPS) is 25.1. The molecule has 2 aromatic rings. The number of rotatable bonds is 5. The number of pyridine rings is 2. The van der Waals surface area contributed by atoms with Gasteiger partial charge in [-0.25, -0.2) is 4.98 Å². The Bertz CT molecular complexity index is 920. The largest absolute Gasteiger partial charge is 0.368 e. The van der Waals surface area contributed by atoms with Crippen molar-refractivity contribution in [1.29, 1.82) is 0 Å². The number of nitrogens with one attached hydrogen (secondary N) is 1. The summed E-state index contributed by atoms with van der Waals surface area (Å²) < 4.78 is 0. The van der Waals surface area contributed by atoms with E-state index in [9.17, 15) is 10.1 Å². The molecule has 0 saturated carbocycles. The fourth-order valence-corrected chi connectivity index (χ4v) is 5.11. The quantitative estimate of drug-likeness (QED) is 0.285. The van der Waals surface area contributed by atoms with Gasteiger partial charge in [0.25, 0.3) is 0 Å². The average molecular weight is 505 g/mol. The molecule has 2 fully saturated rings. The van der Waals surface area contributed by atoms with Crippen LogP contribution in [-0.2, 0) is 0 Å². The summed E-state index contributed by atoms with van der Waals surface area (Å²) in [6.45, 7) is 7.06. The second kappa shape index (κ2) is 9.55. The molecule has 11 heteroatoms. The van der Waals surface area contributed by atoms with E-state index in [-0.39, 0.29) is 23.0 Å². The Labute approximate surface area is 196 Å². The highest BCUT2D eigenvalue weighted by atomic mass is 79.9. The number of aromatic nitrogens is 2. The van der Waals surface area contributed by atoms with Crippen LogP contribution >= 0.6 is 15.9 Å². The smallest absolute Gasteiger partial charge is 0.363 e. The fourth-order valence-electron chi connectivity index (χ4n) is 4.17. The third-order valence-electron chi connectivity index (χ3n) is 6.32. The van der Waals surface area contributed by atoms with Gasteiger partial charge in [-0.15, -0.1) is 0 Å². The van der Waals surface area contributed by atoms with Gasteiger partial charge >= 0.3 is 5.82 Å². The van der Waals surface area contributed by atoms with Crippen molar-refractivity contribution in [3.8, 4) is 0 Å². The Morgan fingerprint density at radius 3 is 2.34 bits per heavy atom. The predicted molar refractivity (Wildman–Crippen MR) is 130 cm³/mol. The van der Waals surface area contributed by atoms with E-state index in [1.165, 1.54) is 6.07 Å². The molecule has 32 heavy (non-hydrogen) atoms. The van der Waals surface area contributed by atoms with Crippen molar-refractivity contribution in [2.24, 2.45) is 0 Å². The molecule has 0 aromatic carbocycles. The minimum Gasteiger partial charge on any atom is -0.368 e. The molecule has 4 rings (SSSR count). The highest BCUT2D eigenvalue weighted by Crippen LogP contribution is 2.31. The zero-order chi connectivity index (χ0) is 22.8. The lowest BCUT2D eigenvalue weighted by Gasteiger charge is -2.48. The standard InChI is InChI=1S/C21H29BrN8O2/c1-15-21(25-19-6-4-16(12-23-19)28-10-8-26(2)9-11-28)29(18(22)14-27(15)3)17-5-7-20(24-13-17)30(31)32/h4-7,12-13,15,18,21H,8-11,14H2,1-3H3,(H,23,25). The molecule has 2 aliphatic heterocycles. The Morgan fingerprint density at radius 1 is 1.06 bits per heavy atom. The maximum absolute atomic E-state index is 11.0. The molecule has 172 valence electrons. The van der Waals surface area contributed by atoms with Gasteiger partial charge in [-0.3, -0.25) is 4.90 Å².